The second-order valence-electron chi connectivity index (χ2n) is 4.17. The molecule has 1 aromatic carbocycles. The minimum atomic E-state index is 0.681. The van der Waals surface area contributed by atoms with Crippen molar-refractivity contribution in [2.45, 2.75) is 13.3 Å². The lowest BCUT2D eigenvalue weighted by molar-refractivity contribution is 0.414. The summed E-state index contributed by atoms with van der Waals surface area (Å²) in [5.74, 6) is 2.45. The number of aromatic nitrogens is 2. The highest BCUT2D eigenvalue weighted by molar-refractivity contribution is 9.10. The lowest BCUT2D eigenvalue weighted by atomic mass is 10.1. The van der Waals surface area contributed by atoms with Crippen molar-refractivity contribution in [2.75, 3.05) is 19.5 Å². The van der Waals surface area contributed by atoms with Gasteiger partial charge in [-0.05, 0) is 40.5 Å². The van der Waals surface area contributed by atoms with Gasteiger partial charge in [0.15, 0.2) is 0 Å². The second-order valence-corrected chi connectivity index (χ2v) is 4.96. The van der Waals surface area contributed by atoms with Crippen molar-refractivity contribution in [2.24, 2.45) is 0 Å². The highest BCUT2D eigenvalue weighted by Crippen LogP contribution is 2.23. The molecule has 5 heteroatoms. The Hall–Kier alpha value is -1.62. The lowest BCUT2D eigenvalue weighted by Crippen LogP contribution is -2.04. The Morgan fingerprint density at radius 2 is 2.11 bits per heavy atom. The molecule has 0 aliphatic carbocycles. The van der Waals surface area contributed by atoms with Gasteiger partial charge in [0.2, 0.25) is 0 Å². The Morgan fingerprint density at radius 3 is 2.79 bits per heavy atom. The molecule has 2 rings (SSSR count). The molecular weight excluding hydrogens is 306 g/mol. The number of hydrogen-bond acceptors (Lipinski definition) is 4. The predicted octanol–water partition coefficient (Wildman–Crippen LogP) is 3.19. The normalized spacial score (nSPS) is 10.3. The number of nitrogens with zero attached hydrogens (tertiary/aromatic N) is 2. The van der Waals surface area contributed by atoms with Crippen molar-refractivity contribution in [3.8, 4) is 5.75 Å². The van der Waals surface area contributed by atoms with Crippen LogP contribution in [0.5, 0.6) is 5.75 Å². The van der Waals surface area contributed by atoms with Gasteiger partial charge in [-0.15, -0.1) is 0 Å². The van der Waals surface area contributed by atoms with Gasteiger partial charge in [0.25, 0.3) is 0 Å². The van der Waals surface area contributed by atoms with E-state index in [2.05, 4.69) is 31.2 Å². The summed E-state index contributed by atoms with van der Waals surface area (Å²) in [5.41, 5.74) is 2.06. The van der Waals surface area contributed by atoms with Crippen LogP contribution >= 0.6 is 15.9 Å². The Morgan fingerprint density at radius 1 is 1.32 bits per heavy atom. The van der Waals surface area contributed by atoms with Crippen LogP contribution in [0.2, 0.25) is 0 Å². The zero-order valence-electron chi connectivity index (χ0n) is 11.2. The van der Waals surface area contributed by atoms with E-state index >= 15 is 0 Å². The van der Waals surface area contributed by atoms with Crippen LogP contribution in [0.3, 0.4) is 0 Å². The SMILES string of the molecule is CNc1nc(Cc2cccc(OC)c2)nc(C)c1Br. The first-order chi connectivity index (χ1) is 9.13. The molecule has 0 aliphatic rings. The molecule has 1 aromatic heterocycles. The Balaban J connectivity index is 2.30. The molecule has 2 aromatic rings. The van der Waals surface area contributed by atoms with E-state index in [-0.39, 0.29) is 0 Å². The summed E-state index contributed by atoms with van der Waals surface area (Å²) in [6.07, 6.45) is 0.681. The molecule has 0 aliphatic heterocycles. The summed E-state index contributed by atoms with van der Waals surface area (Å²) >= 11 is 3.48. The standard InChI is InChI=1S/C14H16BrN3O/c1-9-13(15)14(16-2)18-12(17-9)8-10-5-4-6-11(7-10)19-3/h4-7H,8H2,1-3H3,(H,16,17,18). The van der Waals surface area contributed by atoms with Crippen LogP contribution in [0.15, 0.2) is 28.7 Å². The van der Waals surface area contributed by atoms with Crippen LogP contribution in [-0.4, -0.2) is 24.1 Å². The van der Waals surface area contributed by atoms with Gasteiger partial charge in [-0.1, -0.05) is 12.1 Å². The third-order valence-corrected chi connectivity index (χ3v) is 3.75. The molecule has 0 fully saturated rings. The maximum absolute atomic E-state index is 5.22. The van der Waals surface area contributed by atoms with E-state index in [4.69, 9.17) is 4.74 Å². The van der Waals surface area contributed by atoms with Gasteiger partial charge in [-0.25, -0.2) is 9.97 Å². The van der Waals surface area contributed by atoms with E-state index in [1.54, 1.807) is 7.11 Å². The fourth-order valence-corrected chi connectivity index (χ4v) is 2.20. The smallest absolute Gasteiger partial charge is 0.144 e. The number of anilines is 1. The third kappa shape index (κ3) is 3.23. The maximum atomic E-state index is 5.22. The molecule has 1 heterocycles. The molecule has 19 heavy (non-hydrogen) atoms. The van der Waals surface area contributed by atoms with Gasteiger partial charge in [-0.2, -0.15) is 0 Å². The Bertz CT molecular complexity index is 587. The first kappa shape index (κ1) is 13.8. The Kier molecular flexibility index (Phi) is 4.37. The highest BCUT2D eigenvalue weighted by Gasteiger charge is 2.09. The van der Waals surface area contributed by atoms with Crippen molar-refractivity contribution in [3.63, 3.8) is 0 Å². The van der Waals surface area contributed by atoms with Gasteiger partial charge >= 0.3 is 0 Å². The van der Waals surface area contributed by atoms with Crippen LogP contribution in [-0.2, 0) is 6.42 Å². The highest BCUT2D eigenvalue weighted by atomic mass is 79.9. The van der Waals surface area contributed by atoms with E-state index in [1.165, 1.54) is 0 Å². The zero-order valence-corrected chi connectivity index (χ0v) is 12.8. The van der Waals surface area contributed by atoms with Crippen molar-refractivity contribution in [3.05, 3.63) is 45.8 Å². The lowest BCUT2D eigenvalue weighted by Gasteiger charge is -2.09. The molecule has 0 unspecified atom stereocenters. The number of aryl methyl sites for hydroxylation is 1. The van der Waals surface area contributed by atoms with E-state index in [0.29, 0.717) is 6.42 Å². The first-order valence-corrected chi connectivity index (χ1v) is 6.77. The maximum Gasteiger partial charge on any atom is 0.144 e. The summed E-state index contributed by atoms with van der Waals surface area (Å²) in [6.45, 7) is 1.96. The molecule has 0 radical (unpaired) electrons. The first-order valence-electron chi connectivity index (χ1n) is 5.97. The Labute approximate surface area is 121 Å². The summed E-state index contributed by atoms with van der Waals surface area (Å²) in [6, 6.07) is 7.94. The zero-order chi connectivity index (χ0) is 13.8. The summed E-state index contributed by atoms with van der Waals surface area (Å²) in [7, 11) is 3.51. The number of halogens is 1. The number of ether oxygens (including phenoxy) is 1. The van der Waals surface area contributed by atoms with E-state index in [1.807, 2.05) is 38.2 Å². The average Bonchev–Trinajstić information content (AvgIpc) is 2.43. The van der Waals surface area contributed by atoms with Crippen molar-refractivity contribution >= 4 is 21.7 Å². The van der Waals surface area contributed by atoms with Crippen molar-refractivity contribution < 1.29 is 4.74 Å². The van der Waals surface area contributed by atoms with Gasteiger partial charge in [0.05, 0.1) is 17.3 Å². The van der Waals surface area contributed by atoms with Gasteiger partial charge in [0, 0.05) is 13.5 Å². The van der Waals surface area contributed by atoms with Gasteiger partial charge < -0.3 is 10.1 Å². The van der Waals surface area contributed by atoms with Crippen LogP contribution in [0.25, 0.3) is 0 Å². The molecule has 0 atom stereocenters. The minimum Gasteiger partial charge on any atom is -0.497 e. The van der Waals surface area contributed by atoms with Crippen LogP contribution in [0.1, 0.15) is 17.1 Å². The quantitative estimate of drug-likeness (QED) is 0.939. The second kappa shape index (κ2) is 6.02. The van der Waals surface area contributed by atoms with Crippen molar-refractivity contribution in [1.82, 2.24) is 9.97 Å². The van der Waals surface area contributed by atoms with Crippen LogP contribution in [0, 0.1) is 6.92 Å². The predicted molar refractivity (Wildman–Crippen MR) is 79.8 cm³/mol. The molecule has 0 amide bonds. The summed E-state index contributed by atoms with van der Waals surface area (Å²) in [5, 5.41) is 3.06. The van der Waals surface area contributed by atoms with E-state index in [9.17, 15) is 0 Å². The molecule has 0 saturated carbocycles. The summed E-state index contributed by atoms with van der Waals surface area (Å²) < 4.78 is 6.13. The molecule has 0 spiro atoms. The monoisotopic (exact) mass is 321 g/mol. The third-order valence-electron chi connectivity index (χ3n) is 2.80. The summed E-state index contributed by atoms with van der Waals surface area (Å²) in [4.78, 5) is 8.99. The topological polar surface area (TPSA) is 47.0 Å². The number of nitrogens with one attached hydrogen (secondary N) is 1. The molecular formula is C14H16BrN3O. The van der Waals surface area contributed by atoms with Gasteiger partial charge in [-0.3, -0.25) is 0 Å². The number of hydrogen-bond donors (Lipinski definition) is 1. The molecule has 100 valence electrons. The molecule has 0 saturated heterocycles. The fourth-order valence-electron chi connectivity index (χ4n) is 1.83. The average molecular weight is 322 g/mol. The van der Waals surface area contributed by atoms with Crippen molar-refractivity contribution in [1.29, 1.82) is 0 Å². The number of methoxy groups -OCH3 is 1. The molecule has 1 N–H and O–H groups in total. The van der Waals surface area contributed by atoms with Crippen LogP contribution < -0.4 is 10.1 Å². The number of benzene rings is 1. The molecule has 0 bridgehead atoms. The molecule has 4 nitrogen and oxygen atoms in total. The largest absolute Gasteiger partial charge is 0.497 e. The number of rotatable bonds is 4. The van der Waals surface area contributed by atoms with E-state index < -0.39 is 0 Å². The minimum absolute atomic E-state index is 0.681. The van der Waals surface area contributed by atoms with Crippen LogP contribution in [0.4, 0.5) is 5.82 Å². The van der Waals surface area contributed by atoms with Gasteiger partial charge in [0.1, 0.15) is 17.4 Å². The fraction of sp³-hybridized carbons (Fsp3) is 0.286. The van der Waals surface area contributed by atoms with E-state index in [0.717, 1.165) is 33.1 Å².